The molecular formula is C12H26N2O. The van der Waals surface area contributed by atoms with Crippen LogP contribution in [0, 0.1) is 5.41 Å². The van der Waals surface area contributed by atoms with Gasteiger partial charge in [0.1, 0.15) is 0 Å². The normalized spacial score (nSPS) is 24.0. The van der Waals surface area contributed by atoms with Gasteiger partial charge in [0, 0.05) is 31.2 Å². The van der Waals surface area contributed by atoms with Gasteiger partial charge in [0.25, 0.3) is 0 Å². The molecule has 1 rings (SSSR count). The summed E-state index contributed by atoms with van der Waals surface area (Å²) in [5.74, 6) is 0. The van der Waals surface area contributed by atoms with Crippen molar-refractivity contribution in [2.75, 3.05) is 40.3 Å². The molecule has 0 bridgehead atoms. The molecular weight excluding hydrogens is 188 g/mol. The van der Waals surface area contributed by atoms with Crippen molar-refractivity contribution in [3.05, 3.63) is 0 Å². The van der Waals surface area contributed by atoms with E-state index in [0.717, 1.165) is 13.1 Å². The zero-order valence-corrected chi connectivity index (χ0v) is 10.7. The highest BCUT2D eigenvalue weighted by Gasteiger charge is 2.29. The van der Waals surface area contributed by atoms with Crippen LogP contribution in [0.5, 0.6) is 0 Å². The van der Waals surface area contributed by atoms with Crippen LogP contribution in [0.2, 0.25) is 0 Å². The summed E-state index contributed by atoms with van der Waals surface area (Å²) in [6, 6.07) is 0.686. The highest BCUT2D eigenvalue weighted by Crippen LogP contribution is 2.24. The fourth-order valence-corrected chi connectivity index (χ4v) is 2.33. The minimum Gasteiger partial charge on any atom is -0.396 e. The lowest BCUT2D eigenvalue weighted by atomic mass is 9.94. The van der Waals surface area contributed by atoms with Gasteiger partial charge in [-0.3, -0.25) is 4.90 Å². The first-order valence-corrected chi connectivity index (χ1v) is 5.94. The highest BCUT2D eigenvalue weighted by atomic mass is 16.3. The number of rotatable bonds is 5. The lowest BCUT2D eigenvalue weighted by molar-refractivity contribution is 0.0894. The molecule has 0 aromatic rings. The molecule has 0 saturated carbocycles. The van der Waals surface area contributed by atoms with Crippen LogP contribution in [0.25, 0.3) is 0 Å². The van der Waals surface area contributed by atoms with Gasteiger partial charge in [-0.05, 0) is 33.5 Å². The molecule has 1 fully saturated rings. The molecule has 1 aliphatic heterocycles. The van der Waals surface area contributed by atoms with E-state index < -0.39 is 0 Å². The van der Waals surface area contributed by atoms with Crippen molar-refractivity contribution in [3.63, 3.8) is 0 Å². The molecule has 1 unspecified atom stereocenters. The summed E-state index contributed by atoms with van der Waals surface area (Å²) in [5, 5.41) is 9.29. The van der Waals surface area contributed by atoms with E-state index in [-0.39, 0.29) is 12.0 Å². The second-order valence-corrected chi connectivity index (χ2v) is 5.85. The van der Waals surface area contributed by atoms with E-state index in [0.29, 0.717) is 6.04 Å². The van der Waals surface area contributed by atoms with Crippen molar-refractivity contribution in [3.8, 4) is 0 Å². The number of hydrogen-bond acceptors (Lipinski definition) is 3. The number of likely N-dealkylation sites (tertiary alicyclic amines) is 1. The minimum atomic E-state index is 0.0366. The molecule has 1 saturated heterocycles. The summed E-state index contributed by atoms with van der Waals surface area (Å²) in [6.45, 7) is 7.90. The molecule has 3 nitrogen and oxygen atoms in total. The van der Waals surface area contributed by atoms with E-state index in [1.54, 1.807) is 0 Å². The molecule has 1 atom stereocenters. The molecule has 0 radical (unpaired) electrons. The van der Waals surface area contributed by atoms with Gasteiger partial charge >= 0.3 is 0 Å². The standard InChI is InChI=1S/C12H26N2O/c1-12(2,10-15)9-14-7-5-6-11(14)8-13(3)4/h11,15H,5-10H2,1-4H3. The Morgan fingerprint density at radius 2 is 2.07 bits per heavy atom. The van der Waals surface area contributed by atoms with Gasteiger partial charge in [-0.1, -0.05) is 13.8 Å². The Balaban J connectivity index is 2.46. The Hall–Kier alpha value is -0.120. The number of likely N-dealkylation sites (N-methyl/N-ethyl adjacent to an activating group) is 1. The van der Waals surface area contributed by atoms with Gasteiger partial charge in [-0.25, -0.2) is 0 Å². The molecule has 1 aliphatic rings. The van der Waals surface area contributed by atoms with E-state index in [1.807, 2.05) is 0 Å². The van der Waals surface area contributed by atoms with Crippen molar-refractivity contribution in [2.45, 2.75) is 32.7 Å². The van der Waals surface area contributed by atoms with Crippen LogP contribution in [0.15, 0.2) is 0 Å². The van der Waals surface area contributed by atoms with Crippen LogP contribution in [-0.4, -0.2) is 61.3 Å². The first-order valence-electron chi connectivity index (χ1n) is 5.94. The quantitative estimate of drug-likeness (QED) is 0.740. The zero-order valence-electron chi connectivity index (χ0n) is 10.7. The molecule has 0 aliphatic carbocycles. The lowest BCUT2D eigenvalue weighted by Gasteiger charge is -2.33. The molecule has 0 aromatic heterocycles. The maximum atomic E-state index is 9.29. The third-order valence-electron chi connectivity index (χ3n) is 3.13. The second kappa shape index (κ2) is 5.28. The Morgan fingerprint density at radius 3 is 2.60 bits per heavy atom. The average molecular weight is 214 g/mol. The smallest absolute Gasteiger partial charge is 0.0494 e. The predicted octanol–water partition coefficient (Wildman–Crippen LogP) is 1.03. The third-order valence-corrected chi connectivity index (χ3v) is 3.13. The maximum Gasteiger partial charge on any atom is 0.0494 e. The second-order valence-electron chi connectivity index (χ2n) is 5.85. The van der Waals surface area contributed by atoms with Gasteiger partial charge in [-0.15, -0.1) is 0 Å². The van der Waals surface area contributed by atoms with Crippen LogP contribution < -0.4 is 0 Å². The number of aliphatic hydroxyl groups excluding tert-OH is 1. The lowest BCUT2D eigenvalue weighted by Crippen LogP contribution is -2.43. The fourth-order valence-electron chi connectivity index (χ4n) is 2.33. The fraction of sp³-hybridized carbons (Fsp3) is 1.00. The van der Waals surface area contributed by atoms with Gasteiger partial charge in [0.2, 0.25) is 0 Å². The van der Waals surface area contributed by atoms with Crippen LogP contribution in [-0.2, 0) is 0 Å². The first kappa shape index (κ1) is 12.9. The molecule has 15 heavy (non-hydrogen) atoms. The van der Waals surface area contributed by atoms with E-state index in [2.05, 4.69) is 37.7 Å². The largest absolute Gasteiger partial charge is 0.396 e. The average Bonchev–Trinajstić information content (AvgIpc) is 2.51. The molecule has 3 heteroatoms. The first-order chi connectivity index (χ1) is 6.94. The monoisotopic (exact) mass is 214 g/mol. The van der Waals surface area contributed by atoms with Crippen LogP contribution in [0.1, 0.15) is 26.7 Å². The molecule has 0 spiro atoms. The topological polar surface area (TPSA) is 26.7 Å². The molecule has 0 amide bonds. The van der Waals surface area contributed by atoms with Crippen LogP contribution in [0.4, 0.5) is 0 Å². The summed E-state index contributed by atoms with van der Waals surface area (Å²) < 4.78 is 0. The van der Waals surface area contributed by atoms with Crippen molar-refractivity contribution < 1.29 is 5.11 Å². The van der Waals surface area contributed by atoms with E-state index in [9.17, 15) is 5.11 Å². The van der Waals surface area contributed by atoms with Gasteiger partial charge in [-0.2, -0.15) is 0 Å². The van der Waals surface area contributed by atoms with Crippen molar-refractivity contribution in [1.82, 2.24) is 9.80 Å². The number of nitrogens with zero attached hydrogens (tertiary/aromatic N) is 2. The molecule has 1 N–H and O–H groups in total. The zero-order chi connectivity index (χ0) is 11.5. The Kier molecular flexibility index (Phi) is 4.56. The molecule has 1 heterocycles. The van der Waals surface area contributed by atoms with Crippen LogP contribution >= 0.6 is 0 Å². The number of hydrogen-bond donors (Lipinski definition) is 1. The van der Waals surface area contributed by atoms with Crippen molar-refractivity contribution in [1.29, 1.82) is 0 Å². The van der Waals surface area contributed by atoms with Gasteiger partial charge < -0.3 is 10.0 Å². The Bertz CT molecular complexity index is 192. The number of aliphatic hydroxyl groups is 1. The maximum absolute atomic E-state index is 9.29. The summed E-state index contributed by atoms with van der Waals surface area (Å²) in [6.07, 6.45) is 2.61. The predicted molar refractivity (Wildman–Crippen MR) is 64.0 cm³/mol. The van der Waals surface area contributed by atoms with Crippen molar-refractivity contribution >= 4 is 0 Å². The Labute approximate surface area is 94.1 Å². The van der Waals surface area contributed by atoms with E-state index >= 15 is 0 Å². The van der Waals surface area contributed by atoms with Crippen LogP contribution in [0.3, 0.4) is 0 Å². The van der Waals surface area contributed by atoms with Gasteiger partial charge in [0.15, 0.2) is 0 Å². The summed E-state index contributed by atoms with van der Waals surface area (Å²) in [7, 11) is 4.27. The Morgan fingerprint density at radius 1 is 1.40 bits per heavy atom. The van der Waals surface area contributed by atoms with Crippen molar-refractivity contribution in [2.24, 2.45) is 5.41 Å². The van der Waals surface area contributed by atoms with E-state index in [1.165, 1.54) is 19.4 Å². The summed E-state index contributed by atoms with van der Waals surface area (Å²) in [4.78, 5) is 4.80. The minimum absolute atomic E-state index is 0.0366. The SMILES string of the molecule is CN(C)CC1CCCN1CC(C)(C)CO. The highest BCUT2D eigenvalue weighted by molar-refractivity contribution is 4.84. The summed E-state index contributed by atoms with van der Waals surface area (Å²) in [5.41, 5.74) is 0.0366. The van der Waals surface area contributed by atoms with E-state index in [4.69, 9.17) is 0 Å². The van der Waals surface area contributed by atoms with Gasteiger partial charge in [0.05, 0.1) is 0 Å². The summed E-state index contributed by atoms with van der Waals surface area (Å²) >= 11 is 0. The molecule has 90 valence electrons. The third kappa shape index (κ3) is 4.09. The molecule has 0 aromatic carbocycles.